The number of furan rings is 1. The first-order valence-electron chi connectivity index (χ1n) is 16.4. The van der Waals surface area contributed by atoms with Crippen molar-refractivity contribution in [2.24, 2.45) is 0 Å². The number of hydrogen-bond acceptors (Lipinski definition) is 2. The van der Waals surface area contributed by atoms with E-state index in [2.05, 4.69) is 170 Å². The molecule has 0 saturated heterocycles. The molecular weight excluding hydrogens is 571 g/mol. The lowest BCUT2D eigenvalue weighted by Crippen LogP contribution is -2.30. The normalized spacial score (nSPS) is 13.9. The summed E-state index contributed by atoms with van der Waals surface area (Å²) in [5.41, 5.74) is 10.0. The van der Waals surface area contributed by atoms with E-state index in [1.54, 1.807) is 0 Å². The fraction of sp³-hybridized carbons (Fsp3) is 0.0667. The molecule has 47 heavy (non-hydrogen) atoms. The van der Waals surface area contributed by atoms with Gasteiger partial charge in [0.05, 0.1) is 11.4 Å². The maximum Gasteiger partial charge on any atom is 0.141 e. The van der Waals surface area contributed by atoms with Gasteiger partial charge in [0.1, 0.15) is 11.2 Å². The molecule has 1 aliphatic rings. The van der Waals surface area contributed by atoms with Crippen LogP contribution >= 0.6 is 0 Å². The molecule has 2 nitrogen and oxygen atoms in total. The van der Waals surface area contributed by atoms with Crippen molar-refractivity contribution in [1.29, 1.82) is 0 Å². The van der Waals surface area contributed by atoms with Crippen LogP contribution in [0.2, 0.25) is 0 Å². The maximum atomic E-state index is 6.70. The van der Waals surface area contributed by atoms with E-state index in [1.165, 1.54) is 60.3 Å². The number of nitrogens with zero attached hydrogens (tertiary/aromatic N) is 1. The SMILES string of the molecule is CC1(C)c2cc(-c3ccc4c5ccccc5c5ccccc5c4c3)ccc2N(c2ccccc2)c2ccc3c(oc4ccccc43)c21. The highest BCUT2D eigenvalue weighted by Gasteiger charge is 2.40. The van der Waals surface area contributed by atoms with Crippen LogP contribution in [0.15, 0.2) is 156 Å². The third-order valence-corrected chi connectivity index (χ3v) is 10.4. The average molecular weight is 602 g/mol. The lowest BCUT2D eigenvalue weighted by Gasteiger charge is -2.42. The molecule has 0 radical (unpaired) electrons. The zero-order valence-electron chi connectivity index (χ0n) is 26.3. The molecule has 0 saturated carbocycles. The largest absolute Gasteiger partial charge is 0.456 e. The summed E-state index contributed by atoms with van der Waals surface area (Å²) in [6.07, 6.45) is 0. The fourth-order valence-electron chi connectivity index (χ4n) is 8.19. The highest BCUT2D eigenvalue weighted by atomic mass is 16.3. The Bertz CT molecular complexity index is 2680. The van der Waals surface area contributed by atoms with Gasteiger partial charge < -0.3 is 9.32 Å². The summed E-state index contributed by atoms with van der Waals surface area (Å²) in [7, 11) is 0. The lowest BCUT2D eigenvalue weighted by molar-refractivity contribution is 0.602. The molecule has 10 rings (SSSR count). The van der Waals surface area contributed by atoms with Crippen LogP contribution in [-0.4, -0.2) is 0 Å². The molecule has 0 spiro atoms. The van der Waals surface area contributed by atoms with Gasteiger partial charge in [-0.05, 0) is 97.5 Å². The number of benzene rings is 8. The van der Waals surface area contributed by atoms with Crippen molar-refractivity contribution in [1.82, 2.24) is 0 Å². The Morgan fingerprint density at radius 3 is 1.70 bits per heavy atom. The van der Waals surface area contributed by atoms with Crippen molar-refractivity contribution in [2.75, 3.05) is 4.90 Å². The molecule has 0 N–H and O–H groups in total. The minimum atomic E-state index is -0.320. The maximum absolute atomic E-state index is 6.70. The Labute approximate surface area is 273 Å². The van der Waals surface area contributed by atoms with Crippen molar-refractivity contribution >= 4 is 71.3 Å². The molecule has 2 heterocycles. The molecule has 9 aromatic rings. The molecule has 222 valence electrons. The third-order valence-electron chi connectivity index (χ3n) is 10.4. The Morgan fingerprint density at radius 1 is 0.447 bits per heavy atom. The number of anilines is 3. The number of rotatable bonds is 2. The van der Waals surface area contributed by atoms with E-state index < -0.39 is 0 Å². The van der Waals surface area contributed by atoms with Gasteiger partial charge in [-0.25, -0.2) is 0 Å². The van der Waals surface area contributed by atoms with Crippen LogP contribution in [0.1, 0.15) is 25.0 Å². The van der Waals surface area contributed by atoms with E-state index in [1.807, 2.05) is 0 Å². The molecule has 1 aromatic heterocycles. The van der Waals surface area contributed by atoms with Crippen molar-refractivity contribution in [3.8, 4) is 11.1 Å². The van der Waals surface area contributed by atoms with E-state index in [0.717, 1.165) is 33.3 Å². The minimum absolute atomic E-state index is 0.320. The summed E-state index contributed by atoms with van der Waals surface area (Å²) >= 11 is 0. The van der Waals surface area contributed by atoms with Gasteiger partial charge >= 0.3 is 0 Å². The molecule has 0 aliphatic carbocycles. The molecule has 0 amide bonds. The van der Waals surface area contributed by atoms with Crippen LogP contribution in [0.25, 0.3) is 65.4 Å². The van der Waals surface area contributed by atoms with Gasteiger partial charge in [-0.15, -0.1) is 0 Å². The molecule has 0 fully saturated rings. The van der Waals surface area contributed by atoms with E-state index >= 15 is 0 Å². The molecule has 0 bridgehead atoms. The van der Waals surface area contributed by atoms with Gasteiger partial charge in [0.15, 0.2) is 0 Å². The van der Waals surface area contributed by atoms with E-state index in [9.17, 15) is 0 Å². The quantitative estimate of drug-likeness (QED) is 0.183. The lowest BCUT2D eigenvalue weighted by atomic mass is 9.72. The zero-order valence-corrected chi connectivity index (χ0v) is 26.3. The van der Waals surface area contributed by atoms with Crippen LogP contribution < -0.4 is 4.90 Å². The monoisotopic (exact) mass is 601 g/mol. The molecular formula is C45H31NO. The topological polar surface area (TPSA) is 16.4 Å². The van der Waals surface area contributed by atoms with Gasteiger partial charge in [-0.1, -0.05) is 117 Å². The van der Waals surface area contributed by atoms with Crippen LogP contribution in [0.3, 0.4) is 0 Å². The van der Waals surface area contributed by atoms with Crippen molar-refractivity contribution in [3.05, 3.63) is 163 Å². The Balaban J connectivity index is 1.23. The Hall–Kier alpha value is -5.86. The number of hydrogen-bond donors (Lipinski definition) is 0. The number of para-hydroxylation sites is 2. The highest BCUT2D eigenvalue weighted by Crippen LogP contribution is 2.55. The second-order valence-corrected chi connectivity index (χ2v) is 13.3. The summed E-state index contributed by atoms with van der Waals surface area (Å²) in [6, 6.07) is 55.2. The molecule has 8 aromatic carbocycles. The second kappa shape index (κ2) is 9.57. The van der Waals surface area contributed by atoms with Crippen molar-refractivity contribution in [3.63, 3.8) is 0 Å². The Morgan fingerprint density at radius 2 is 0.979 bits per heavy atom. The molecule has 2 heteroatoms. The fourth-order valence-corrected chi connectivity index (χ4v) is 8.19. The van der Waals surface area contributed by atoms with Gasteiger partial charge in [-0.3, -0.25) is 0 Å². The number of fused-ring (bicyclic) bond motifs is 12. The average Bonchev–Trinajstić information content (AvgIpc) is 3.50. The molecule has 0 atom stereocenters. The predicted molar refractivity (Wildman–Crippen MR) is 198 cm³/mol. The first kappa shape index (κ1) is 26.4. The van der Waals surface area contributed by atoms with E-state index in [0.29, 0.717) is 0 Å². The van der Waals surface area contributed by atoms with Gasteiger partial charge in [-0.2, -0.15) is 0 Å². The molecule has 0 unspecified atom stereocenters. The van der Waals surface area contributed by atoms with Gasteiger partial charge in [0, 0.05) is 27.4 Å². The second-order valence-electron chi connectivity index (χ2n) is 13.3. The highest BCUT2D eigenvalue weighted by molar-refractivity contribution is 6.25. The van der Waals surface area contributed by atoms with Crippen molar-refractivity contribution in [2.45, 2.75) is 19.3 Å². The summed E-state index contributed by atoms with van der Waals surface area (Å²) in [5, 5.41) is 10.1. The van der Waals surface area contributed by atoms with Gasteiger partial charge in [0.2, 0.25) is 0 Å². The summed E-state index contributed by atoms with van der Waals surface area (Å²) < 4.78 is 6.70. The molecule has 1 aliphatic heterocycles. The van der Waals surface area contributed by atoms with Gasteiger partial charge in [0.25, 0.3) is 0 Å². The first-order chi connectivity index (χ1) is 23.1. The zero-order chi connectivity index (χ0) is 31.3. The first-order valence-corrected chi connectivity index (χ1v) is 16.4. The van der Waals surface area contributed by atoms with Crippen molar-refractivity contribution < 1.29 is 4.42 Å². The van der Waals surface area contributed by atoms with Crippen LogP contribution in [0.4, 0.5) is 17.1 Å². The summed E-state index contributed by atoms with van der Waals surface area (Å²) in [5.74, 6) is 0. The van der Waals surface area contributed by atoms with Crippen LogP contribution in [-0.2, 0) is 5.41 Å². The smallest absolute Gasteiger partial charge is 0.141 e. The van der Waals surface area contributed by atoms with E-state index in [-0.39, 0.29) is 5.41 Å². The Kier molecular flexibility index (Phi) is 5.37. The van der Waals surface area contributed by atoms with E-state index in [4.69, 9.17) is 4.42 Å². The standard InChI is InChI=1S/C45H31NO/c1-45(2)39-27-29(28-20-22-35-33-16-7-6-14-31(33)32-15-8-9-17-34(32)38(35)26-28)21-24-40(39)46(30-12-4-3-5-13-30)41-25-23-37-36-18-10-11-19-42(36)47-44(37)43(41)45/h3-27H,1-2H3. The van der Waals surface area contributed by atoms with Crippen LogP contribution in [0.5, 0.6) is 0 Å². The summed E-state index contributed by atoms with van der Waals surface area (Å²) in [4.78, 5) is 2.41. The third kappa shape index (κ3) is 3.67. The minimum Gasteiger partial charge on any atom is -0.456 e. The summed E-state index contributed by atoms with van der Waals surface area (Å²) in [6.45, 7) is 4.70. The predicted octanol–water partition coefficient (Wildman–Crippen LogP) is 12.8. The van der Waals surface area contributed by atoms with Crippen LogP contribution in [0, 0.1) is 0 Å².